The largest absolute Gasteiger partial charge is 0.479 e. The highest BCUT2D eigenvalue weighted by Gasteiger charge is 2.60. The number of carbonyl (C=O) groups is 7. The van der Waals surface area contributed by atoms with Crippen molar-refractivity contribution >= 4 is 76.1 Å². The standard InChI is InChI=1S/C58H79Cl2N5O35/c1-17(69)62-29-42(32(73)24(14-66)90-53(29)88)93-58-41(82)38(79)46(49(100-58)52(86)87)97-55-31(64-19(3)71)44(34(75)26(16-68)92-55)95-57-40(81)37(78)45(48(99-57)50(83)61-11-12-89-27(72)13-20-7-4-5-10-23(20)65-28-21(59)8-6-9-22(28)60)96-54-30(63-18(2)70)43(33(74)25(15-67)91-54)94-56-39(80)35(76)36(77)47(98-56)51(84)85/h4-10,24-26,29-49,53-58,65-68,73-82,88H,11-16H2,1-3H3,(H,61,83)(H,62,69)(H,63,70)(H,64,71)(H,84,85)(H,86,87)/t24-,25-,26-,29-,30-,31-,32-,33-,34-,35+,36+,37-,38-,39-,40-,41-,42-,43-,44-,45+,46+,47+,48+,49+,53-,54+,55+,56-,57-,58-/m1/s1. The van der Waals surface area contributed by atoms with Gasteiger partial charge in [-0.15, -0.1) is 0 Å². The van der Waals surface area contributed by atoms with Gasteiger partial charge in [0.05, 0.1) is 48.5 Å². The van der Waals surface area contributed by atoms with Crippen molar-refractivity contribution in [1.82, 2.24) is 21.3 Å². The summed E-state index contributed by atoms with van der Waals surface area (Å²) in [6, 6.07) is 5.55. The van der Waals surface area contributed by atoms with E-state index in [4.69, 9.17) is 80.0 Å². The number of carbonyl (C=O) groups excluding carboxylic acids is 5. The molecule has 6 aliphatic heterocycles. The van der Waals surface area contributed by atoms with E-state index < -0.39 is 259 Å². The highest BCUT2D eigenvalue weighted by molar-refractivity contribution is 6.39. The summed E-state index contributed by atoms with van der Waals surface area (Å²) >= 11 is 12.7. The van der Waals surface area contributed by atoms with Gasteiger partial charge in [0, 0.05) is 26.5 Å². The molecule has 0 bridgehead atoms. The molecule has 8 rings (SSSR count). The number of carboxylic acids is 2. The molecule has 4 amide bonds. The molecule has 0 saturated carbocycles. The molecule has 560 valence electrons. The van der Waals surface area contributed by atoms with E-state index in [9.17, 15) is 115 Å². The fourth-order valence-corrected chi connectivity index (χ4v) is 12.3. The minimum Gasteiger partial charge on any atom is -0.479 e. The molecule has 6 fully saturated rings. The van der Waals surface area contributed by atoms with Crippen molar-refractivity contribution in [3.05, 3.63) is 58.1 Å². The summed E-state index contributed by atoms with van der Waals surface area (Å²) < 4.78 is 68.6. The van der Waals surface area contributed by atoms with Crippen LogP contribution in [0, 0.1) is 0 Å². The lowest BCUT2D eigenvalue weighted by atomic mass is 9.93. The fourth-order valence-electron chi connectivity index (χ4n) is 11.8. The van der Waals surface area contributed by atoms with Crippen LogP contribution in [0.5, 0.6) is 0 Å². The zero-order valence-corrected chi connectivity index (χ0v) is 54.3. The van der Waals surface area contributed by atoms with Crippen LogP contribution in [0.3, 0.4) is 0 Å². The molecular weight excluding hydrogens is 1400 g/mol. The van der Waals surface area contributed by atoms with Crippen LogP contribution >= 0.6 is 23.2 Å². The molecule has 0 aromatic heterocycles. The smallest absolute Gasteiger partial charge is 0.335 e. The molecule has 6 heterocycles. The van der Waals surface area contributed by atoms with Crippen molar-refractivity contribution in [2.75, 3.05) is 38.3 Å². The zero-order valence-electron chi connectivity index (χ0n) is 52.8. The van der Waals surface area contributed by atoms with E-state index in [1.54, 1.807) is 42.5 Å². The van der Waals surface area contributed by atoms with E-state index in [0.29, 0.717) is 16.9 Å². The second kappa shape index (κ2) is 35.1. The van der Waals surface area contributed by atoms with Gasteiger partial charge < -0.3 is 165 Å². The second-order valence-corrected chi connectivity index (χ2v) is 24.6. The van der Waals surface area contributed by atoms with Gasteiger partial charge in [-0.1, -0.05) is 47.5 Å². The first-order valence-electron chi connectivity index (χ1n) is 30.8. The number of rotatable bonds is 26. The van der Waals surface area contributed by atoms with Gasteiger partial charge in [-0.05, 0) is 23.8 Å². The Hall–Kier alpha value is -5.89. The van der Waals surface area contributed by atoms with E-state index in [2.05, 4.69) is 26.6 Å². The molecule has 6 aliphatic rings. The van der Waals surface area contributed by atoms with Crippen molar-refractivity contribution < 1.29 is 172 Å². The quantitative estimate of drug-likeness (QED) is 0.0307. The Kier molecular flexibility index (Phi) is 28.0. The maximum absolute atomic E-state index is 14.7. The summed E-state index contributed by atoms with van der Waals surface area (Å²) in [4.78, 5) is 91.2. The monoisotopic (exact) mass is 1480 g/mol. The predicted molar refractivity (Wildman–Crippen MR) is 322 cm³/mol. The average molecular weight is 1480 g/mol. The zero-order chi connectivity index (χ0) is 73.5. The molecule has 42 heteroatoms. The number of hydrogen-bond donors (Lipinski definition) is 21. The van der Waals surface area contributed by atoms with Gasteiger partial charge in [-0.3, -0.25) is 24.0 Å². The Morgan fingerprint density at radius 1 is 0.450 bits per heavy atom. The summed E-state index contributed by atoms with van der Waals surface area (Å²) in [5.74, 6) is -8.84. The van der Waals surface area contributed by atoms with Crippen LogP contribution in [0.15, 0.2) is 42.5 Å². The van der Waals surface area contributed by atoms with Crippen molar-refractivity contribution in [1.29, 1.82) is 0 Å². The van der Waals surface area contributed by atoms with Crippen LogP contribution < -0.4 is 26.6 Å². The Bertz CT molecular complexity index is 3130. The van der Waals surface area contributed by atoms with E-state index in [1.807, 2.05) is 0 Å². The van der Waals surface area contributed by atoms with Crippen LogP contribution in [0.25, 0.3) is 0 Å². The second-order valence-electron chi connectivity index (χ2n) is 23.8. The van der Waals surface area contributed by atoms with Crippen molar-refractivity contribution in [3.63, 3.8) is 0 Å². The fraction of sp³-hybridized carbons (Fsp3) is 0.672. The lowest BCUT2D eigenvalue weighted by Gasteiger charge is -2.50. The molecule has 100 heavy (non-hydrogen) atoms. The number of carboxylic acid groups (broad SMARTS) is 2. The van der Waals surface area contributed by atoms with Crippen LogP contribution in [0.4, 0.5) is 11.4 Å². The van der Waals surface area contributed by atoms with Crippen LogP contribution in [-0.4, -0.2) is 340 Å². The minimum absolute atomic E-state index is 0.255. The Balaban J connectivity index is 1.07. The number of amides is 4. The summed E-state index contributed by atoms with van der Waals surface area (Å²) in [5, 5.41) is 188. The SMILES string of the molecule is CC(=O)N[C@@H]1[C@@H](O[C@@H]2O[C@H](C(=O)O)[C@@H](O[C@@H]3O[C@H](CO)[C@@H](O)[C@H](O[C@@H]4O[C@H](C(=O)NCCOC(=O)Cc5ccccc5Nc5c(Cl)cccc5Cl)[C@@H](O[C@@H]5O[C@H](CO)[C@@H](O)[C@H](O[C@@H]6O[C@H](C(=O)O)[C@@H](O)[C@H](O)[C@H]6O)[C@H]5NC(C)=O)[C@H](O)[C@H]4O)[C@H]3NC(C)=O)[C@H](O)[C@H]2O)[C@H](O)[C@@H](CO)O[C@H]1O. The normalized spacial score (nSPS) is 39.1. The van der Waals surface area contributed by atoms with Gasteiger partial charge in [0.15, 0.2) is 56.1 Å². The molecule has 2 aromatic carbocycles. The summed E-state index contributed by atoms with van der Waals surface area (Å²) in [5.41, 5.74) is 1.12. The molecule has 21 N–H and O–H groups in total. The Labute approximate surface area is 575 Å². The molecule has 6 saturated heterocycles. The van der Waals surface area contributed by atoms with Gasteiger partial charge in [0.1, 0.15) is 135 Å². The van der Waals surface area contributed by atoms with Gasteiger partial charge >= 0.3 is 17.9 Å². The number of esters is 1. The number of aliphatic carboxylic acids is 2. The van der Waals surface area contributed by atoms with Gasteiger partial charge in [-0.2, -0.15) is 0 Å². The first-order valence-corrected chi connectivity index (χ1v) is 31.6. The number of aliphatic hydroxyl groups is 14. The van der Waals surface area contributed by atoms with Gasteiger partial charge in [0.2, 0.25) is 17.7 Å². The third-order valence-corrected chi connectivity index (χ3v) is 17.4. The number of hydrogen-bond acceptors (Lipinski definition) is 34. The number of halogens is 2. The minimum atomic E-state index is -2.55. The van der Waals surface area contributed by atoms with Gasteiger partial charge in [0.25, 0.3) is 5.91 Å². The molecular formula is C58H79Cl2N5O35. The van der Waals surface area contributed by atoms with Crippen LogP contribution in [0.2, 0.25) is 10.0 Å². The van der Waals surface area contributed by atoms with Gasteiger partial charge in [-0.25, -0.2) is 9.59 Å². The van der Waals surface area contributed by atoms with E-state index in [-0.39, 0.29) is 16.5 Å². The first-order chi connectivity index (χ1) is 47.3. The summed E-state index contributed by atoms with van der Waals surface area (Å²) in [6.45, 7) is -1.67. The molecule has 0 aliphatic carbocycles. The van der Waals surface area contributed by atoms with Crippen LogP contribution in [0.1, 0.15) is 26.3 Å². The molecule has 30 atom stereocenters. The summed E-state index contributed by atoms with van der Waals surface area (Å²) in [7, 11) is 0. The lowest BCUT2D eigenvalue weighted by molar-refractivity contribution is -0.376. The Morgan fingerprint density at radius 2 is 0.860 bits per heavy atom. The Morgan fingerprint density at radius 3 is 1.33 bits per heavy atom. The van der Waals surface area contributed by atoms with E-state index in [0.717, 1.165) is 20.8 Å². The molecule has 2 aromatic rings. The lowest BCUT2D eigenvalue weighted by Crippen LogP contribution is -2.71. The first kappa shape index (κ1) is 79.8. The van der Waals surface area contributed by atoms with E-state index >= 15 is 0 Å². The third-order valence-electron chi connectivity index (χ3n) is 16.8. The number of benzene rings is 2. The average Bonchev–Trinajstić information content (AvgIpc) is 0.768. The highest BCUT2D eigenvalue weighted by Crippen LogP contribution is 2.39. The number of nitrogens with one attached hydrogen (secondary N) is 5. The molecule has 0 spiro atoms. The van der Waals surface area contributed by atoms with E-state index in [1.165, 1.54) is 0 Å². The number of anilines is 2. The molecule has 0 radical (unpaired) electrons. The van der Waals surface area contributed by atoms with Crippen molar-refractivity contribution in [2.24, 2.45) is 0 Å². The number of aliphatic hydroxyl groups excluding tert-OH is 14. The molecule has 40 nitrogen and oxygen atoms in total. The summed E-state index contributed by atoms with van der Waals surface area (Å²) in [6.07, 6.45) is -60.3. The predicted octanol–water partition coefficient (Wildman–Crippen LogP) is -9.52. The number of para-hydroxylation sites is 2. The van der Waals surface area contributed by atoms with Crippen LogP contribution in [-0.2, 0) is 96.8 Å². The maximum atomic E-state index is 14.7. The topological polar surface area (TPSA) is 614 Å². The van der Waals surface area contributed by atoms with Crippen molar-refractivity contribution in [2.45, 2.75) is 211 Å². The highest BCUT2D eigenvalue weighted by atomic mass is 35.5. The maximum Gasteiger partial charge on any atom is 0.335 e. The third kappa shape index (κ3) is 18.4. The van der Waals surface area contributed by atoms with Crippen molar-refractivity contribution in [3.8, 4) is 0 Å². The molecule has 0 unspecified atom stereocenters. The number of ether oxygens (including phenoxy) is 12.